The van der Waals surface area contributed by atoms with Gasteiger partial charge in [0.25, 0.3) is 0 Å². The van der Waals surface area contributed by atoms with Gasteiger partial charge in [0.05, 0.1) is 6.54 Å². The van der Waals surface area contributed by atoms with Crippen molar-refractivity contribution < 1.29 is 4.79 Å². The van der Waals surface area contributed by atoms with Crippen molar-refractivity contribution >= 4 is 22.7 Å². The van der Waals surface area contributed by atoms with Gasteiger partial charge in [-0.25, -0.2) is 0 Å². The molecule has 2 rings (SSSR count). The standard InChI is InChI=1S/C12H12N2OS/c15-11(10-4-2-1-3-5-10)6-9-16-12-13-7-8-14-12/h1-6,9H,7-8H2,(H,13,14). The van der Waals surface area contributed by atoms with E-state index in [9.17, 15) is 4.79 Å². The minimum Gasteiger partial charge on any atom is -0.363 e. The molecule has 4 heteroatoms. The van der Waals surface area contributed by atoms with E-state index in [0.717, 1.165) is 18.3 Å². The van der Waals surface area contributed by atoms with Gasteiger partial charge in [0, 0.05) is 12.1 Å². The SMILES string of the molecule is O=C(C=CSC1=NCCN1)c1ccccc1. The number of thioether (sulfide) groups is 1. The number of ketones is 1. The maximum absolute atomic E-state index is 11.7. The summed E-state index contributed by atoms with van der Waals surface area (Å²) in [6.45, 7) is 1.71. The molecule has 0 aromatic heterocycles. The highest BCUT2D eigenvalue weighted by Crippen LogP contribution is 2.08. The maximum Gasteiger partial charge on any atom is 0.186 e. The average molecular weight is 232 g/mol. The van der Waals surface area contributed by atoms with Crippen LogP contribution in [0.3, 0.4) is 0 Å². The van der Waals surface area contributed by atoms with Crippen LogP contribution in [0.4, 0.5) is 0 Å². The first-order valence-electron chi connectivity index (χ1n) is 5.07. The Bertz CT molecular complexity index is 426. The second-order valence-corrected chi connectivity index (χ2v) is 4.16. The molecule has 16 heavy (non-hydrogen) atoms. The number of allylic oxidation sites excluding steroid dienone is 1. The van der Waals surface area contributed by atoms with E-state index in [4.69, 9.17) is 0 Å². The first-order valence-corrected chi connectivity index (χ1v) is 5.95. The molecule has 82 valence electrons. The Balaban J connectivity index is 1.90. The van der Waals surface area contributed by atoms with E-state index in [-0.39, 0.29) is 5.78 Å². The molecule has 0 atom stereocenters. The molecule has 1 N–H and O–H groups in total. The van der Waals surface area contributed by atoms with Gasteiger partial charge in [-0.1, -0.05) is 42.1 Å². The summed E-state index contributed by atoms with van der Waals surface area (Å²) >= 11 is 1.44. The summed E-state index contributed by atoms with van der Waals surface area (Å²) in [5, 5.41) is 5.78. The van der Waals surface area contributed by atoms with Gasteiger partial charge in [-0.3, -0.25) is 9.79 Å². The third kappa shape index (κ3) is 2.97. The van der Waals surface area contributed by atoms with Gasteiger partial charge in [-0.2, -0.15) is 0 Å². The van der Waals surface area contributed by atoms with E-state index in [0.29, 0.717) is 5.56 Å². The Morgan fingerprint density at radius 1 is 1.38 bits per heavy atom. The lowest BCUT2D eigenvalue weighted by atomic mass is 10.1. The average Bonchev–Trinajstić information content (AvgIpc) is 2.83. The quantitative estimate of drug-likeness (QED) is 0.641. The number of carbonyl (C=O) groups is 1. The molecule has 1 aliphatic rings. The van der Waals surface area contributed by atoms with Gasteiger partial charge in [-0.05, 0) is 11.5 Å². The van der Waals surface area contributed by atoms with Crippen LogP contribution in [0.5, 0.6) is 0 Å². The summed E-state index contributed by atoms with van der Waals surface area (Å²) in [6.07, 6.45) is 1.57. The predicted octanol–water partition coefficient (Wildman–Crippen LogP) is 2.08. The van der Waals surface area contributed by atoms with Crippen molar-refractivity contribution in [3.63, 3.8) is 0 Å². The van der Waals surface area contributed by atoms with Gasteiger partial charge in [0.15, 0.2) is 11.0 Å². The number of hydrogen-bond acceptors (Lipinski definition) is 4. The second kappa shape index (κ2) is 5.51. The lowest BCUT2D eigenvalue weighted by Gasteiger charge is -1.96. The number of nitrogens with one attached hydrogen (secondary N) is 1. The summed E-state index contributed by atoms with van der Waals surface area (Å²) in [6, 6.07) is 9.23. The fourth-order valence-electron chi connectivity index (χ4n) is 1.31. The van der Waals surface area contributed by atoms with E-state index in [2.05, 4.69) is 10.3 Å². The fraction of sp³-hybridized carbons (Fsp3) is 0.167. The summed E-state index contributed by atoms with van der Waals surface area (Å²) in [5.41, 5.74) is 0.709. The number of amidine groups is 1. The highest BCUT2D eigenvalue weighted by atomic mass is 32.2. The number of carbonyl (C=O) groups excluding carboxylic acids is 1. The van der Waals surface area contributed by atoms with Crippen molar-refractivity contribution in [2.45, 2.75) is 0 Å². The number of benzene rings is 1. The molecule has 0 amide bonds. The molecule has 0 bridgehead atoms. The molecule has 0 saturated carbocycles. The lowest BCUT2D eigenvalue weighted by Crippen LogP contribution is -2.14. The largest absolute Gasteiger partial charge is 0.363 e. The zero-order chi connectivity index (χ0) is 11.2. The molecule has 1 aromatic carbocycles. The van der Waals surface area contributed by atoms with Crippen LogP contribution in [-0.4, -0.2) is 24.0 Å². The van der Waals surface area contributed by atoms with Gasteiger partial charge >= 0.3 is 0 Å². The van der Waals surface area contributed by atoms with Crippen LogP contribution in [0.1, 0.15) is 10.4 Å². The minimum atomic E-state index is 0.0201. The lowest BCUT2D eigenvalue weighted by molar-refractivity contribution is 0.104. The monoisotopic (exact) mass is 232 g/mol. The number of aliphatic imine (C=N–C) groups is 1. The van der Waals surface area contributed by atoms with E-state index in [1.54, 1.807) is 11.5 Å². The van der Waals surface area contributed by atoms with Crippen LogP contribution in [0, 0.1) is 0 Å². The topological polar surface area (TPSA) is 41.5 Å². The van der Waals surface area contributed by atoms with Crippen molar-refractivity contribution in [2.75, 3.05) is 13.1 Å². The van der Waals surface area contributed by atoms with E-state index >= 15 is 0 Å². The van der Waals surface area contributed by atoms with Gasteiger partial charge in [0.2, 0.25) is 0 Å². The Labute approximate surface area is 98.7 Å². The molecule has 1 heterocycles. The zero-order valence-electron chi connectivity index (χ0n) is 8.72. The molecule has 0 fully saturated rings. The third-order valence-electron chi connectivity index (χ3n) is 2.10. The predicted molar refractivity (Wildman–Crippen MR) is 67.8 cm³/mol. The van der Waals surface area contributed by atoms with Crippen LogP contribution in [0.2, 0.25) is 0 Å². The fourth-order valence-corrected chi connectivity index (χ4v) is 1.99. The normalized spacial score (nSPS) is 14.9. The van der Waals surface area contributed by atoms with E-state index in [1.807, 2.05) is 30.3 Å². The Morgan fingerprint density at radius 3 is 2.88 bits per heavy atom. The van der Waals surface area contributed by atoms with Crippen molar-refractivity contribution in [1.82, 2.24) is 5.32 Å². The van der Waals surface area contributed by atoms with Crippen LogP contribution < -0.4 is 5.32 Å². The molecular formula is C12H12N2OS. The summed E-state index contributed by atoms with van der Waals surface area (Å²) in [4.78, 5) is 15.9. The van der Waals surface area contributed by atoms with Crippen LogP contribution in [-0.2, 0) is 0 Å². The van der Waals surface area contributed by atoms with Crippen molar-refractivity contribution in [2.24, 2.45) is 4.99 Å². The molecular weight excluding hydrogens is 220 g/mol. The molecule has 0 saturated heterocycles. The number of rotatable bonds is 3. The zero-order valence-corrected chi connectivity index (χ0v) is 9.54. The summed E-state index contributed by atoms with van der Waals surface area (Å²) < 4.78 is 0. The first kappa shape index (κ1) is 11.0. The highest BCUT2D eigenvalue weighted by Gasteiger charge is 2.03. The Morgan fingerprint density at radius 2 is 2.19 bits per heavy atom. The van der Waals surface area contributed by atoms with Crippen LogP contribution in [0.15, 0.2) is 46.8 Å². The van der Waals surface area contributed by atoms with Crippen molar-refractivity contribution in [3.8, 4) is 0 Å². The number of nitrogens with zero attached hydrogens (tertiary/aromatic N) is 1. The van der Waals surface area contributed by atoms with Crippen LogP contribution >= 0.6 is 11.8 Å². The Hall–Kier alpha value is -1.55. The smallest absolute Gasteiger partial charge is 0.186 e. The van der Waals surface area contributed by atoms with Crippen molar-refractivity contribution in [1.29, 1.82) is 0 Å². The molecule has 0 radical (unpaired) electrons. The van der Waals surface area contributed by atoms with Gasteiger partial charge < -0.3 is 5.32 Å². The van der Waals surface area contributed by atoms with Crippen LogP contribution in [0.25, 0.3) is 0 Å². The molecule has 1 aromatic rings. The van der Waals surface area contributed by atoms with Gasteiger partial charge in [-0.15, -0.1) is 0 Å². The second-order valence-electron chi connectivity index (χ2n) is 3.26. The molecule has 0 unspecified atom stereocenters. The minimum absolute atomic E-state index is 0.0201. The third-order valence-corrected chi connectivity index (χ3v) is 2.87. The molecule has 0 spiro atoms. The summed E-state index contributed by atoms with van der Waals surface area (Å²) in [5.74, 6) is 0.0201. The highest BCUT2D eigenvalue weighted by molar-refractivity contribution is 8.16. The maximum atomic E-state index is 11.7. The Kier molecular flexibility index (Phi) is 3.77. The van der Waals surface area contributed by atoms with Gasteiger partial charge in [0.1, 0.15) is 0 Å². The molecule has 3 nitrogen and oxygen atoms in total. The molecule has 1 aliphatic heterocycles. The molecule has 0 aliphatic carbocycles. The number of hydrogen-bond donors (Lipinski definition) is 1. The summed E-state index contributed by atoms with van der Waals surface area (Å²) in [7, 11) is 0. The first-order chi connectivity index (χ1) is 7.86. The van der Waals surface area contributed by atoms with E-state index in [1.165, 1.54) is 11.8 Å². The van der Waals surface area contributed by atoms with E-state index < -0.39 is 0 Å². The van der Waals surface area contributed by atoms with Crippen molar-refractivity contribution in [3.05, 3.63) is 47.4 Å².